The second kappa shape index (κ2) is 12.2. The van der Waals surface area contributed by atoms with E-state index < -0.39 is 0 Å². The van der Waals surface area contributed by atoms with E-state index in [1.54, 1.807) is 0 Å². The molecule has 0 amide bonds. The average Bonchev–Trinajstić information content (AvgIpc) is 3.66. The molecule has 0 N–H and O–H groups in total. The normalized spacial score (nSPS) is 11.3. The number of pyridine rings is 1. The first-order valence-corrected chi connectivity index (χ1v) is 15.7. The zero-order valence-corrected chi connectivity index (χ0v) is 28.3. The number of rotatable bonds is 5. The zero-order valence-electron chi connectivity index (χ0n) is 26.0. The summed E-state index contributed by atoms with van der Waals surface area (Å²) in [6.45, 7) is 0. The van der Waals surface area contributed by atoms with E-state index in [0.29, 0.717) is 0 Å². The molecule has 6 aromatic carbocycles. The number of hydrogen-bond donors (Lipinski definition) is 0. The fraction of sp³-hybridized carbons (Fsp3) is 0.0233. The van der Waals surface area contributed by atoms with Gasteiger partial charge in [-0.25, -0.2) is 0 Å². The van der Waals surface area contributed by atoms with Crippen molar-refractivity contribution in [3.63, 3.8) is 0 Å². The molecular formula is C43H28N4Pt. The summed E-state index contributed by atoms with van der Waals surface area (Å²) in [4.78, 5) is 9.74. The molecule has 0 aliphatic heterocycles. The van der Waals surface area contributed by atoms with E-state index in [0.717, 1.165) is 61.3 Å². The number of nitrogens with zero attached hydrogens (tertiary/aromatic N) is 4. The van der Waals surface area contributed by atoms with Crippen LogP contribution in [-0.2, 0) is 28.1 Å². The number of aryl methyl sites for hydroxylation is 1. The second-order valence-electron chi connectivity index (χ2n) is 11.8. The topological polar surface area (TPSA) is 35.6 Å². The molecule has 9 rings (SSSR count). The van der Waals surface area contributed by atoms with E-state index in [9.17, 15) is 0 Å². The molecule has 0 atom stereocenters. The molecule has 0 saturated heterocycles. The van der Waals surface area contributed by atoms with E-state index in [4.69, 9.17) is 4.98 Å². The Kier molecular flexibility index (Phi) is 7.59. The Labute approximate surface area is 293 Å². The summed E-state index contributed by atoms with van der Waals surface area (Å²) in [5.41, 5.74) is 12.5. The average molecular weight is 796 g/mol. The maximum Gasteiger partial charge on any atom is 2.00 e. The molecule has 5 heteroatoms. The van der Waals surface area contributed by atoms with Gasteiger partial charge in [0.25, 0.3) is 0 Å². The quantitative estimate of drug-likeness (QED) is 0.163. The van der Waals surface area contributed by atoms with Crippen molar-refractivity contribution in [2.24, 2.45) is 7.05 Å². The van der Waals surface area contributed by atoms with Crippen molar-refractivity contribution >= 4 is 32.8 Å². The first kappa shape index (κ1) is 29.8. The van der Waals surface area contributed by atoms with Crippen LogP contribution in [0.1, 0.15) is 0 Å². The maximum absolute atomic E-state index is 5.15. The Morgan fingerprint density at radius 1 is 0.542 bits per heavy atom. The van der Waals surface area contributed by atoms with Crippen LogP contribution in [0, 0.1) is 12.1 Å². The van der Waals surface area contributed by atoms with Gasteiger partial charge in [-0.2, -0.15) is 0 Å². The van der Waals surface area contributed by atoms with E-state index in [-0.39, 0.29) is 21.1 Å². The van der Waals surface area contributed by atoms with Gasteiger partial charge < -0.3 is 14.1 Å². The zero-order chi connectivity index (χ0) is 31.3. The number of imidazole rings is 1. The van der Waals surface area contributed by atoms with Crippen molar-refractivity contribution in [2.75, 3.05) is 0 Å². The third-order valence-electron chi connectivity index (χ3n) is 8.97. The molecule has 48 heavy (non-hydrogen) atoms. The number of fused-ring (bicyclic) bond motifs is 4. The van der Waals surface area contributed by atoms with Crippen molar-refractivity contribution in [2.45, 2.75) is 0 Å². The standard InChI is InChI=1S/C43H28N4.Pt/c1-46-41-23-20-32(30-13-6-3-7-14-30)27-39(41)45-43(46)34-18-21-36-37-26-31(29-11-4-2-5-12-29)19-22-40(37)47(42(36)28-34)35-16-10-15-33(25-35)38-17-8-9-24-44-38;/h2-24,26-27H,1H3;/q-2;+2. The van der Waals surface area contributed by atoms with Gasteiger partial charge in [0, 0.05) is 18.8 Å². The van der Waals surface area contributed by atoms with Gasteiger partial charge in [-0.15, -0.1) is 53.6 Å². The van der Waals surface area contributed by atoms with Crippen LogP contribution in [0.5, 0.6) is 0 Å². The predicted octanol–water partition coefficient (Wildman–Crippen LogP) is 10.3. The molecule has 0 bridgehead atoms. The van der Waals surface area contributed by atoms with Gasteiger partial charge in [0.15, 0.2) is 0 Å². The summed E-state index contributed by atoms with van der Waals surface area (Å²) in [7, 11) is 2.08. The molecule has 0 aliphatic rings. The first-order valence-electron chi connectivity index (χ1n) is 15.7. The Morgan fingerprint density at radius 2 is 1.25 bits per heavy atom. The molecule has 9 aromatic rings. The molecule has 0 spiro atoms. The van der Waals surface area contributed by atoms with Crippen LogP contribution >= 0.6 is 0 Å². The van der Waals surface area contributed by atoms with Gasteiger partial charge in [-0.05, 0) is 68.8 Å². The van der Waals surface area contributed by atoms with Gasteiger partial charge in [-0.1, -0.05) is 96.4 Å². The smallest absolute Gasteiger partial charge is 0.367 e. The van der Waals surface area contributed by atoms with Gasteiger partial charge in [0.2, 0.25) is 0 Å². The van der Waals surface area contributed by atoms with Crippen LogP contribution in [0.25, 0.3) is 83.4 Å². The SMILES string of the molecule is Cn1c(-c2[c-]c3c(cc2)c2cc(-c4ccccc4)ccc2n3-c2[c-]c(-c3ccccn3)ccc2)nc2cc(-c3ccccc3)ccc21.[Pt+2]. The van der Waals surface area contributed by atoms with Gasteiger partial charge >= 0.3 is 21.1 Å². The fourth-order valence-corrected chi connectivity index (χ4v) is 6.64. The molecular weight excluding hydrogens is 768 g/mol. The minimum Gasteiger partial charge on any atom is -0.367 e. The van der Waals surface area contributed by atoms with Crippen molar-refractivity contribution in [1.82, 2.24) is 19.1 Å². The van der Waals surface area contributed by atoms with E-state index in [1.807, 2.05) is 30.5 Å². The summed E-state index contributed by atoms with van der Waals surface area (Å²) in [6, 6.07) is 58.2. The van der Waals surface area contributed by atoms with Crippen LogP contribution < -0.4 is 0 Å². The van der Waals surface area contributed by atoms with E-state index >= 15 is 0 Å². The Morgan fingerprint density at radius 3 is 1.98 bits per heavy atom. The van der Waals surface area contributed by atoms with Crippen molar-refractivity contribution in [1.29, 1.82) is 0 Å². The summed E-state index contributed by atoms with van der Waals surface area (Å²) in [5, 5.41) is 2.29. The van der Waals surface area contributed by atoms with Crippen LogP contribution in [0.2, 0.25) is 0 Å². The largest absolute Gasteiger partial charge is 2.00 e. The fourth-order valence-electron chi connectivity index (χ4n) is 6.64. The van der Waals surface area contributed by atoms with Crippen molar-refractivity contribution in [3.05, 3.63) is 164 Å². The molecule has 3 heterocycles. The third-order valence-corrected chi connectivity index (χ3v) is 8.97. The first-order chi connectivity index (χ1) is 23.2. The summed E-state index contributed by atoms with van der Waals surface area (Å²) < 4.78 is 4.43. The molecule has 0 radical (unpaired) electrons. The maximum atomic E-state index is 5.15. The predicted molar refractivity (Wildman–Crippen MR) is 192 cm³/mol. The van der Waals surface area contributed by atoms with E-state index in [1.165, 1.54) is 22.1 Å². The Balaban J connectivity index is 0.00000336. The minimum absolute atomic E-state index is 0. The number of hydrogen-bond acceptors (Lipinski definition) is 2. The molecule has 3 aromatic heterocycles. The Hall–Kier alpha value is -5.57. The van der Waals surface area contributed by atoms with Gasteiger partial charge in [0.1, 0.15) is 0 Å². The molecule has 4 nitrogen and oxygen atoms in total. The van der Waals surface area contributed by atoms with Crippen molar-refractivity contribution in [3.8, 4) is 50.6 Å². The van der Waals surface area contributed by atoms with Crippen LogP contribution in [0.3, 0.4) is 0 Å². The van der Waals surface area contributed by atoms with E-state index in [2.05, 4.69) is 155 Å². The number of aromatic nitrogens is 4. The second-order valence-corrected chi connectivity index (χ2v) is 11.8. The Bertz CT molecular complexity index is 2570. The molecule has 0 aliphatic carbocycles. The monoisotopic (exact) mass is 795 g/mol. The van der Waals surface area contributed by atoms with Crippen LogP contribution in [0.4, 0.5) is 0 Å². The third kappa shape index (κ3) is 5.06. The van der Waals surface area contributed by atoms with Crippen molar-refractivity contribution < 1.29 is 21.1 Å². The van der Waals surface area contributed by atoms with Crippen LogP contribution in [-0.4, -0.2) is 19.1 Å². The number of benzene rings is 6. The van der Waals surface area contributed by atoms with Crippen LogP contribution in [0.15, 0.2) is 152 Å². The summed E-state index contributed by atoms with van der Waals surface area (Å²) >= 11 is 0. The van der Waals surface area contributed by atoms with Gasteiger partial charge in [-0.3, -0.25) is 4.98 Å². The summed E-state index contributed by atoms with van der Waals surface area (Å²) in [5.74, 6) is 0.875. The molecule has 0 fully saturated rings. The molecule has 0 saturated carbocycles. The van der Waals surface area contributed by atoms with Gasteiger partial charge in [0.05, 0.1) is 16.9 Å². The minimum atomic E-state index is 0. The molecule has 230 valence electrons. The molecule has 0 unspecified atom stereocenters. The summed E-state index contributed by atoms with van der Waals surface area (Å²) in [6.07, 6.45) is 1.82.